The first-order valence-electron chi connectivity index (χ1n) is 8.90. The van der Waals surface area contributed by atoms with Crippen LogP contribution in [-0.4, -0.2) is 33.3 Å². The monoisotopic (exact) mass is 397 g/mol. The van der Waals surface area contributed by atoms with Crippen LogP contribution in [0.25, 0.3) is 10.9 Å². The molecule has 3 N–H and O–H groups in total. The second-order valence-electron chi connectivity index (χ2n) is 6.29. The molecule has 0 amide bonds. The number of aromatic hydroxyl groups is 1. The van der Waals surface area contributed by atoms with Gasteiger partial charge >= 0.3 is 0 Å². The molecule has 28 heavy (non-hydrogen) atoms. The molecule has 1 aromatic heterocycles. The number of rotatable bonds is 7. The molecule has 0 aliphatic carbocycles. The zero-order valence-electron chi connectivity index (χ0n) is 15.9. The molecule has 3 aromatic rings. The normalized spacial score (nSPS) is 11.5. The number of thiocarbonyl (C=S) groups is 1. The number of hydrogen-bond acceptors (Lipinski definition) is 5. The average Bonchev–Trinajstić information content (AvgIpc) is 2.96. The predicted molar refractivity (Wildman–Crippen MR) is 114 cm³/mol. The van der Waals surface area contributed by atoms with Crippen molar-refractivity contribution in [3.05, 3.63) is 54.1 Å². The van der Waals surface area contributed by atoms with E-state index in [9.17, 15) is 5.11 Å². The number of nitrogens with zero attached hydrogens (tertiary/aromatic N) is 4. The van der Waals surface area contributed by atoms with Gasteiger partial charge in [-0.25, -0.2) is 0 Å². The Labute approximate surface area is 169 Å². The molecule has 0 saturated carbocycles. The van der Waals surface area contributed by atoms with Crippen molar-refractivity contribution in [3.63, 3.8) is 0 Å². The quantitative estimate of drug-likeness (QED) is 0.462. The SMILES string of the molecule is CCN(Cc1ccccc1)Cn1c(O)c(N=NC(N)=S)c2cc(OC)ccc21. The minimum Gasteiger partial charge on any atom is -0.497 e. The molecule has 0 atom stereocenters. The third-order valence-electron chi connectivity index (χ3n) is 4.50. The molecular weight excluding hydrogens is 374 g/mol. The third-order valence-corrected chi connectivity index (χ3v) is 4.58. The summed E-state index contributed by atoms with van der Waals surface area (Å²) in [6, 6.07) is 15.8. The van der Waals surface area contributed by atoms with Crippen LogP contribution in [0.5, 0.6) is 11.6 Å². The first kappa shape index (κ1) is 19.8. The van der Waals surface area contributed by atoms with E-state index in [1.807, 2.05) is 36.4 Å². The lowest BCUT2D eigenvalue weighted by atomic mass is 10.2. The van der Waals surface area contributed by atoms with Crippen LogP contribution in [0.2, 0.25) is 0 Å². The van der Waals surface area contributed by atoms with E-state index in [1.165, 1.54) is 5.56 Å². The van der Waals surface area contributed by atoms with Crippen molar-refractivity contribution in [3.8, 4) is 11.6 Å². The first-order chi connectivity index (χ1) is 13.5. The zero-order valence-corrected chi connectivity index (χ0v) is 16.7. The van der Waals surface area contributed by atoms with Crippen molar-refractivity contribution in [1.29, 1.82) is 0 Å². The van der Waals surface area contributed by atoms with Crippen molar-refractivity contribution >= 4 is 33.9 Å². The number of aromatic nitrogens is 1. The van der Waals surface area contributed by atoms with E-state index in [0.29, 0.717) is 23.5 Å². The number of methoxy groups -OCH3 is 1. The van der Waals surface area contributed by atoms with Crippen LogP contribution >= 0.6 is 12.2 Å². The lowest BCUT2D eigenvalue weighted by Crippen LogP contribution is -2.25. The second kappa shape index (κ2) is 8.81. The summed E-state index contributed by atoms with van der Waals surface area (Å²) in [7, 11) is 1.59. The van der Waals surface area contributed by atoms with Crippen LogP contribution < -0.4 is 10.5 Å². The number of azo groups is 1. The maximum absolute atomic E-state index is 10.9. The smallest absolute Gasteiger partial charge is 0.221 e. The van der Waals surface area contributed by atoms with Gasteiger partial charge in [0.15, 0.2) is 5.69 Å². The van der Waals surface area contributed by atoms with E-state index in [1.54, 1.807) is 11.7 Å². The molecule has 1 heterocycles. The minimum absolute atomic E-state index is 0.00904. The van der Waals surface area contributed by atoms with E-state index in [-0.39, 0.29) is 11.0 Å². The lowest BCUT2D eigenvalue weighted by Gasteiger charge is -2.22. The van der Waals surface area contributed by atoms with Gasteiger partial charge in [-0.05, 0) is 42.5 Å². The van der Waals surface area contributed by atoms with E-state index >= 15 is 0 Å². The Bertz CT molecular complexity index is 1000. The van der Waals surface area contributed by atoms with E-state index in [2.05, 4.69) is 34.2 Å². The number of benzene rings is 2. The Balaban J connectivity index is 2.01. The van der Waals surface area contributed by atoms with Crippen LogP contribution in [0.3, 0.4) is 0 Å². The molecule has 0 aliphatic heterocycles. The summed E-state index contributed by atoms with van der Waals surface area (Å²) in [5.41, 5.74) is 7.78. The van der Waals surface area contributed by atoms with Gasteiger partial charge in [0.1, 0.15) is 5.75 Å². The summed E-state index contributed by atoms with van der Waals surface area (Å²) >= 11 is 4.77. The molecule has 7 nitrogen and oxygen atoms in total. The molecule has 8 heteroatoms. The van der Waals surface area contributed by atoms with Gasteiger partial charge in [0.2, 0.25) is 11.0 Å². The Morgan fingerprint density at radius 3 is 2.64 bits per heavy atom. The van der Waals surface area contributed by atoms with Crippen molar-refractivity contribution in [2.45, 2.75) is 20.1 Å². The second-order valence-corrected chi connectivity index (χ2v) is 6.71. The summed E-state index contributed by atoms with van der Waals surface area (Å²) < 4.78 is 7.11. The highest BCUT2D eigenvalue weighted by Crippen LogP contribution is 2.40. The van der Waals surface area contributed by atoms with Crippen molar-refractivity contribution in [2.24, 2.45) is 16.0 Å². The fourth-order valence-electron chi connectivity index (χ4n) is 3.07. The number of ether oxygens (including phenoxy) is 1. The lowest BCUT2D eigenvalue weighted by molar-refractivity contribution is 0.214. The highest BCUT2D eigenvalue weighted by Gasteiger charge is 2.19. The Hall–Kier alpha value is -2.97. The zero-order chi connectivity index (χ0) is 20.1. The molecule has 0 fully saturated rings. The van der Waals surface area contributed by atoms with Gasteiger partial charge in [0.05, 0.1) is 19.3 Å². The summed E-state index contributed by atoms with van der Waals surface area (Å²) in [6.45, 7) is 4.15. The Kier molecular flexibility index (Phi) is 6.23. The minimum atomic E-state index is -0.0949. The molecule has 2 aromatic carbocycles. The van der Waals surface area contributed by atoms with Gasteiger partial charge in [-0.2, -0.15) is 0 Å². The summed E-state index contributed by atoms with van der Waals surface area (Å²) in [6.07, 6.45) is 0. The molecular formula is C20H23N5O2S. The average molecular weight is 398 g/mol. The molecule has 0 radical (unpaired) electrons. The van der Waals surface area contributed by atoms with Gasteiger partial charge in [-0.15, -0.1) is 10.2 Å². The Morgan fingerprint density at radius 1 is 1.25 bits per heavy atom. The first-order valence-corrected chi connectivity index (χ1v) is 9.31. The maximum atomic E-state index is 10.9. The Morgan fingerprint density at radius 2 is 2.00 bits per heavy atom. The molecule has 0 saturated heterocycles. The summed E-state index contributed by atoms with van der Waals surface area (Å²) in [4.78, 5) is 2.22. The highest BCUT2D eigenvalue weighted by atomic mass is 32.1. The van der Waals surface area contributed by atoms with Gasteiger partial charge in [-0.1, -0.05) is 37.3 Å². The van der Waals surface area contributed by atoms with Crippen LogP contribution in [0, 0.1) is 0 Å². The topological polar surface area (TPSA) is 88.4 Å². The fourth-order valence-corrected chi connectivity index (χ4v) is 3.11. The highest BCUT2D eigenvalue weighted by molar-refractivity contribution is 7.80. The molecule has 0 aliphatic rings. The maximum Gasteiger partial charge on any atom is 0.221 e. The van der Waals surface area contributed by atoms with Crippen molar-refractivity contribution in [2.75, 3.05) is 13.7 Å². The van der Waals surface area contributed by atoms with Gasteiger partial charge in [0.25, 0.3) is 0 Å². The summed E-state index contributed by atoms with van der Waals surface area (Å²) in [5.74, 6) is 0.669. The van der Waals surface area contributed by atoms with Gasteiger partial charge in [-0.3, -0.25) is 9.47 Å². The third kappa shape index (κ3) is 4.29. The van der Waals surface area contributed by atoms with Crippen molar-refractivity contribution in [1.82, 2.24) is 9.47 Å². The van der Waals surface area contributed by atoms with E-state index in [4.69, 9.17) is 22.7 Å². The largest absolute Gasteiger partial charge is 0.497 e. The molecule has 146 valence electrons. The van der Waals surface area contributed by atoms with Gasteiger partial charge < -0.3 is 15.6 Å². The van der Waals surface area contributed by atoms with Crippen molar-refractivity contribution < 1.29 is 9.84 Å². The van der Waals surface area contributed by atoms with Crippen LogP contribution in [0.15, 0.2) is 58.8 Å². The van der Waals surface area contributed by atoms with E-state index < -0.39 is 0 Å². The fraction of sp³-hybridized carbons (Fsp3) is 0.250. The standard InChI is InChI=1S/C20H23N5O2S/c1-3-24(12-14-7-5-4-6-8-14)13-25-17-10-9-15(27-2)11-16(17)18(19(25)26)22-23-20(21)28/h4-11,26H,3,12-13H2,1-2H3,(H2,21,28). The molecule has 0 spiro atoms. The number of hydrogen-bond donors (Lipinski definition) is 2. The molecule has 0 bridgehead atoms. The van der Waals surface area contributed by atoms with Crippen LogP contribution in [0.4, 0.5) is 5.69 Å². The predicted octanol–water partition coefficient (Wildman–Crippen LogP) is 4.16. The summed E-state index contributed by atoms with van der Waals surface area (Å²) in [5, 5.41) is 19.3. The number of fused-ring (bicyclic) bond motifs is 1. The number of nitrogens with two attached hydrogens (primary N) is 1. The molecule has 3 rings (SSSR count). The van der Waals surface area contributed by atoms with Crippen LogP contribution in [0.1, 0.15) is 12.5 Å². The molecule has 0 unspecified atom stereocenters. The van der Waals surface area contributed by atoms with E-state index in [0.717, 1.165) is 18.6 Å². The van der Waals surface area contributed by atoms with Crippen LogP contribution in [-0.2, 0) is 13.2 Å². The van der Waals surface area contributed by atoms with Gasteiger partial charge in [0, 0.05) is 11.9 Å².